The Morgan fingerprint density at radius 2 is 1.79 bits per heavy atom. The molecule has 5 nitrogen and oxygen atoms in total. The SMILES string of the molecule is CCC(Nc1ccc(Oc2ncccc2C(F)(F)F)cc1C(=O)O)c1c(F)cc(F)cc1F. The highest BCUT2D eigenvalue weighted by Gasteiger charge is 2.35. The van der Waals surface area contributed by atoms with Crippen molar-refractivity contribution in [1.29, 1.82) is 0 Å². The van der Waals surface area contributed by atoms with E-state index in [1.54, 1.807) is 6.92 Å². The van der Waals surface area contributed by atoms with Crippen LogP contribution in [-0.4, -0.2) is 16.1 Å². The number of rotatable bonds is 7. The highest BCUT2D eigenvalue weighted by molar-refractivity contribution is 5.94. The number of carboxylic acids is 1. The van der Waals surface area contributed by atoms with Gasteiger partial charge in [-0.3, -0.25) is 0 Å². The van der Waals surface area contributed by atoms with Crippen molar-refractivity contribution in [3.05, 3.63) is 82.8 Å². The number of halogens is 6. The molecule has 1 atom stereocenters. The van der Waals surface area contributed by atoms with Crippen LogP contribution in [0.3, 0.4) is 0 Å². The summed E-state index contributed by atoms with van der Waals surface area (Å²) in [4.78, 5) is 15.3. The first-order valence-electron chi connectivity index (χ1n) is 9.49. The van der Waals surface area contributed by atoms with Crippen LogP contribution >= 0.6 is 0 Å². The number of anilines is 1. The van der Waals surface area contributed by atoms with Crippen molar-refractivity contribution in [2.24, 2.45) is 0 Å². The van der Waals surface area contributed by atoms with Crippen molar-refractivity contribution in [3.63, 3.8) is 0 Å². The zero-order chi connectivity index (χ0) is 24.3. The standard InChI is InChI=1S/C22H16F6N2O3/c1-2-17(19-15(24)8-11(23)9-16(19)25)30-18-6-5-12(10-13(18)21(31)32)33-20-14(22(26,27)28)4-3-7-29-20/h3-10,17,30H,2H2,1H3,(H,31,32). The molecule has 0 bridgehead atoms. The van der Waals surface area contributed by atoms with E-state index in [1.165, 1.54) is 12.1 Å². The minimum Gasteiger partial charge on any atom is -0.478 e. The third-order valence-electron chi connectivity index (χ3n) is 4.64. The quantitative estimate of drug-likeness (QED) is 0.382. The summed E-state index contributed by atoms with van der Waals surface area (Å²) in [5.41, 5.74) is -2.16. The average molecular weight is 470 g/mol. The molecule has 2 aromatic carbocycles. The average Bonchev–Trinajstić information content (AvgIpc) is 2.72. The van der Waals surface area contributed by atoms with Gasteiger partial charge in [-0.1, -0.05) is 6.92 Å². The number of alkyl halides is 3. The summed E-state index contributed by atoms with van der Waals surface area (Å²) >= 11 is 0. The van der Waals surface area contributed by atoms with Gasteiger partial charge in [0.2, 0.25) is 5.88 Å². The molecule has 0 saturated carbocycles. The first kappa shape index (κ1) is 23.9. The van der Waals surface area contributed by atoms with Crippen LogP contribution < -0.4 is 10.1 Å². The Hall–Kier alpha value is -3.76. The molecule has 0 aliphatic carbocycles. The van der Waals surface area contributed by atoms with Gasteiger partial charge in [0.25, 0.3) is 0 Å². The molecular formula is C22H16F6N2O3. The van der Waals surface area contributed by atoms with E-state index in [0.717, 1.165) is 24.4 Å². The van der Waals surface area contributed by atoms with Crippen molar-refractivity contribution < 1.29 is 41.0 Å². The van der Waals surface area contributed by atoms with Crippen LogP contribution in [0.25, 0.3) is 0 Å². The summed E-state index contributed by atoms with van der Waals surface area (Å²) in [5.74, 6) is -5.92. The van der Waals surface area contributed by atoms with Crippen LogP contribution in [0.1, 0.15) is 40.9 Å². The van der Waals surface area contributed by atoms with E-state index in [2.05, 4.69) is 10.3 Å². The van der Waals surface area contributed by atoms with Gasteiger partial charge < -0.3 is 15.2 Å². The van der Waals surface area contributed by atoms with Crippen molar-refractivity contribution in [2.75, 3.05) is 5.32 Å². The Morgan fingerprint density at radius 3 is 2.36 bits per heavy atom. The van der Waals surface area contributed by atoms with E-state index < -0.39 is 58.2 Å². The Morgan fingerprint density at radius 1 is 1.12 bits per heavy atom. The molecule has 11 heteroatoms. The zero-order valence-electron chi connectivity index (χ0n) is 16.9. The molecule has 0 aliphatic rings. The fourth-order valence-electron chi connectivity index (χ4n) is 3.14. The lowest BCUT2D eigenvalue weighted by Crippen LogP contribution is -2.16. The lowest BCUT2D eigenvalue weighted by Gasteiger charge is -2.21. The number of hydrogen-bond acceptors (Lipinski definition) is 4. The fourth-order valence-corrected chi connectivity index (χ4v) is 3.14. The highest BCUT2D eigenvalue weighted by Crippen LogP contribution is 2.37. The molecule has 1 heterocycles. The fraction of sp³-hybridized carbons (Fsp3) is 0.182. The number of nitrogens with one attached hydrogen (secondary N) is 1. The van der Waals surface area contributed by atoms with E-state index in [-0.39, 0.29) is 17.9 Å². The molecule has 33 heavy (non-hydrogen) atoms. The number of aromatic nitrogens is 1. The maximum Gasteiger partial charge on any atom is 0.421 e. The molecule has 3 aromatic rings. The van der Waals surface area contributed by atoms with Crippen molar-refractivity contribution in [2.45, 2.75) is 25.6 Å². The monoisotopic (exact) mass is 470 g/mol. The van der Waals surface area contributed by atoms with Gasteiger partial charge >= 0.3 is 12.1 Å². The van der Waals surface area contributed by atoms with Crippen LogP contribution in [0.15, 0.2) is 48.7 Å². The molecule has 0 aliphatic heterocycles. The maximum atomic E-state index is 14.2. The highest BCUT2D eigenvalue weighted by atomic mass is 19.4. The molecule has 174 valence electrons. The van der Waals surface area contributed by atoms with Gasteiger partial charge in [0.15, 0.2) is 0 Å². The first-order chi connectivity index (χ1) is 15.5. The van der Waals surface area contributed by atoms with Crippen molar-refractivity contribution in [3.8, 4) is 11.6 Å². The lowest BCUT2D eigenvalue weighted by molar-refractivity contribution is -0.138. The third kappa shape index (κ3) is 5.36. The number of hydrogen-bond donors (Lipinski definition) is 2. The van der Waals surface area contributed by atoms with E-state index in [0.29, 0.717) is 12.1 Å². The second kappa shape index (κ2) is 9.39. The summed E-state index contributed by atoms with van der Waals surface area (Å²) in [6, 6.07) is 5.07. The largest absolute Gasteiger partial charge is 0.478 e. The normalized spacial score (nSPS) is 12.3. The zero-order valence-corrected chi connectivity index (χ0v) is 16.9. The predicted octanol–water partition coefficient (Wildman–Crippen LogP) is 6.57. The summed E-state index contributed by atoms with van der Waals surface area (Å²) in [5, 5.41) is 12.2. The van der Waals surface area contributed by atoms with Crippen LogP contribution in [0.5, 0.6) is 11.6 Å². The summed E-state index contributed by atoms with van der Waals surface area (Å²) in [6.45, 7) is 1.57. The summed E-state index contributed by atoms with van der Waals surface area (Å²) in [7, 11) is 0. The van der Waals surface area contributed by atoms with Gasteiger partial charge in [-0.15, -0.1) is 0 Å². The van der Waals surface area contributed by atoms with Gasteiger partial charge in [-0.25, -0.2) is 22.9 Å². The lowest BCUT2D eigenvalue weighted by atomic mass is 10.0. The number of benzene rings is 2. The number of carbonyl (C=O) groups is 1. The number of nitrogens with zero attached hydrogens (tertiary/aromatic N) is 1. The van der Waals surface area contributed by atoms with Gasteiger partial charge in [-0.05, 0) is 36.8 Å². The van der Waals surface area contributed by atoms with Crippen LogP contribution in [0.2, 0.25) is 0 Å². The smallest absolute Gasteiger partial charge is 0.421 e. The minimum atomic E-state index is -4.75. The Kier molecular flexibility index (Phi) is 6.80. The molecule has 0 amide bonds. The summed E-state index contributed by atoms with van der Waals surface area (Å²) in [6.07, 6.45) is -3.58. The van der Waals surface area contributed by atoms with Gasteiger partial charge in [0.1, 0.15) is 28.8 Å². The number of carboxylic acid groups (broad SMARTS) is 1. The Labute approximate surface area is 183 Å². The molecule has 0 fully saturated rings. The molecular weight excluding hydrogens is 454 g/mol. The molecule has 2 N–H and O–H groups in total. The third-order valence-corrected chi connectivity index (χ3v) is 4.64. The van der Waals surface area contributed by atoms with Gasteiger partial charge in [0, 0.05) is 29.6 Å². The molecule has 1 aromatic heterocycles. The van der Waals surface area contributed by atoms with Crippen LogP contribution in [-0.2, 0) is 6.18 Å². The molecule has 0 saturated heterocycles. The molecule has 0 radical (unpaired) electrons. The van der Waals surface area contributed by atoms with Crippen molar-refractivity contribution in [1.82, 2.24) is 4.98 Å². The second-order valence-corrected chi connectivity index (χ2v) is 6.86. The maximum absolute atomic E-state index is 14.2. The topological polar surface area (TPSA) is 71.5 Å². The van der Waals surface area contributed by atoms with E-state index in [4.69, 9.17) is 4.74 Å². The minimum absolute atomic E-state index is 0.0816. The molecule has 1 unspecified atom stereocenters. The van der Waals surface area contributed by atoms with Crippen LogP contribution in [0.4, 0.5) is 32.0 Å². The first-order valence-corrected chi connectivity index (χ1v) is 9.49. The Bertz CT molecular complexity index is 1160. The van der Waals surface area contributed by atoms with E-state index >= 15 is 0 Å². The Balaban J connectivity index is 1.95. The number of aromatic carboxylic acids is 1. The van der Waals surface area contributed by atoms with Gasteiger partial charge in [-0.2, -0.15) is 13.2 Å². The second-order valence-electron chi connectivity index (χ2n) is 6.86. The molecule has 3 rings (SSSR count). The number of pyridine rings is 1. The summed E-state index contributed by atoms with van der Waals surface area (Å²) < 4.78 is 86.2. The van der Waals surface area contributed by atoms with E-state index in [9.17, 15) is 36.2 Å². The van der Waals surface area contributed by atoms with Gasteiger partial charge in [0.05, 0.1) is 11.6 Å². The number of ether oxygens (including phenoxy) is 1. The van der Waals surface area contributed by atoms with Crippen LogP contribution in [0, 0.1) is 17.5 Å². The van der Waals surface area contributed by atoms with E-state index in [1.807, 2.05) is 0 Å². The predicted molar refractivity (Wildman–Crippen MR) is 106 cm³/mol. The molecule has 0 spiro atoms. The van der Waals surface area contributed by atoms with Crippen molar-refractivity contribution >= 4 is 11.7 Å².